The van der Waals surface area contributed by atoms with Gasteiger partial charge in [0.15, 0.2) is 6.29 Å². The summed E-state index contributed by atoms with van der Waals surface area (Å²) in [4.78, 5) is 45.4. The van der Waals surface area contributed by atoms with E-state index in [9.17, 15) is 23.7 Å². The monoisotopic (exact) mass is 546 g/mol. The Hall–Kier alpha value is 0.210. The summed E-state index contributed by atoms with van der Waals surface area (Å²) in [6.45, 7) is 0.619. The molecule has 0 aromatic heterocycles. The zero-order valence-corrected chi connectivity index (χ0v) is 20.8. The molecule has 1 fully saturated rings. The fraction of sp³-hybridized carbons (Fsp3) is 1.00. The molecular formula is C15H33O15P3. The van der Waals surface area contributed by atoms with Crippen LogP contribution in [0.1, 0.15) is 45.4 Å². The van der Waals surface area contributed by atoms with Crippen LogP contribution in [0.25, 0.3) is 0 Å². The molecule has 18 heteroatoms. The van der Waals surface area contributed by atoms with Crippen LogP contribution in [0.2, 0.25) is 0 Å². The van der Waals surface area contributed by atoms with Gasteiger partial charge in [-0.25, -0.2) is 13.7 Å². The molecule has 6 N–H and O–H groups in total. The van der Waals surface area contributed by atoms with Gasteiger partial charge in [-0.15, -0.1) is 0 Å². The normalized spacial score (nSPS) is 26.3. The van der Waals surface area contributed by atoms with Crippen LogP contribution in [0.3, 0.4) is 0 Å². The highest BCUT2D eigenvalue weighted by molar-refractivity contribution is 7.47. The number of aliphatic hydroxyl groups excluding tert-OH is 1. The second-order valence-corrected chi connectivity index (χ2v) is 11.0. The molecular weight excluding hydrogens is 513 g/mol. The first kappa shape index (κ1) is 31.2. The van der Waals surface area contributed by atoms with Crippen LogP contribution in [-0.4, -0.2) is 80.6 Å². The highest BCUT2D eigenvalue weighted by Gasteiger charge is 2.47. The molecule has 0 aliphatic carbocycles. The van der Waals surface area contributed by atoms with Crippen molar-refractivity contribution in [1.82, 2.24) is 0 Å². The van der Waals surface area contributed by atoms with Crippen molar-refractivity contribution in [3.05, 3.63) is 0 Å². The SMILES string of the molecule is CCCCCCCCOP(=O)(O)OCCO[C@H]1OC[C@@H](OP(=O)(O)O)[C@H](OP(=O)(O)O)[C@H]1O. The minimum Gasteiger partial charge on any atom is -0.385 e. The van der Waals surface area contributed by atoms with E-state index in [-0.39, 0.29) is 6.61 Å². The third-order valence-corrected chi connectivity index (χ3v) is 6.39. The summed E-state index contributed by atoms with van der Waals surface area (Å²) < 4.78 is 62.5. The van der Waals surface area contributed by atoms with Gasteiger partial charge in [0.2, 0.25) is 0 Å². The number of unbranched alkanes of at least 4 members (excludes halogenated alkanes) is 5. The number of rotatable bonds is 17. The summed E-state index contributed by atoms with van der Waals surface area (Å²) in [5, 5.41) is 10.2. The number of phosphoric acid groups is 3. The van der Waals surface area contributed by atoms with Gasteiger partial charge in [0, 0.05) is 0 Å². The summed E-state index contributed by atoms with van der Waals surface area (Å²) in [6.07, 6.45) is -1.37. The molecule has 1 aliphatic heterocycles. The van der Waals surface area contributed by atoms with E-state index in [0.29, 0.717) is 6.42 Å². The summed E-state index contributed by atoms with van der Waals surface area (Å²) in [7, 11) is -14.6. The van der Waals surface area contributed by atoms with E-state index < -0.39 is 67.9 Å². The first-order valence-electron chi connectivity index (χ1n) is 10.2. The van der Waals surface area contributed by atoms with Crippen molar-refractivity contribution < 1.29 is 70.8 Å². The van der Waals surface area contributed by atoms with Gasteiger partial charge >= 0.3 is 23.5 Å². The average molecular weight is 546 g/mol. The number of hydrogen-bond donors (Lipinski definition) is 6. The first-order chi connectivity index (χ1) is 15.2. The van der Waals surface area contributed by atoms with Crippen molar-refractivity contribution in [2.24, 2.45) is 0 Å². The smallest absolute Gasteiger partial charge is 0.385 e. The Kier molecular flexibility index (Phi) is 13.9. The average Bonchev–Trinajstić information content (AvgIpc) is 2.67. The molecule has 0 bridgehead atoms. The molecule has 1 saturated heterocycles. The number of ether oxygens (including phenoxy) is 2. The van der Waals surface area contributed by atoms with E-state index in [2.05, 4.69) is 16.0 Å². The van der Waals surface area contributed by atoms with Gasteiger partial charge in [0.1, 0.15) is 18.3 Å². The van der Waals surface area contributed by atoms with E-state index in [1.165, 1.54) is 0 Å². The number of aliphatic hydroxyl groups is 1. The van der Waals surface area contributed by atoms with Crippen LogP contribution in [0.15, 0.2) is 0 Å². The van der Waals surface area contributed by atoms with Crippen molar-refractivity contribution in [3.63, 3.8) is 0 Å². The van der Waals surface area contributed by atoms with Gasteiger partial charge in [0.05, 0.1) is 26.4 Å². The molecule has 15 nitrogen and oxygen atoms in total. The lowest BCUT2D eigenvalue weighted by atomic mass is 10.1. The predicted octanol–water partition coefficient (Wildman–Crippen LogP) is 1.17. The maximum atomic E-state index is 11.8. The lowest BCUT2D eigenvalue weighted by molar-refractivity contribution is -0.265. The maximum Gasteiger partial charge on any atom is 0.472 e. The Morgan fingerprint density at radius 1 is 0.818 bits per heavy atom. The lowest BCUT2D eigenvalue weighted by Gasteiger charge is -2.38. The molecule has 0 radical (unpaired) electrons. The van der Waals surface area contributed by atoms with Gasteiger partial charge in [0.25, 0.3) is 0 Å². The van der Waals surface area contributed by atoms with Crippen LogP contribution in [0.4, 0.5) is 0 Å². The lowest BCUT2D eigenvalue weighted by Crippen LogP contribution is -2.55. The van der Waals surface area contributed by atoms with E-state index in [4.69, 9.17) is 38.1 Å². The third-order valence-electron chi connectivity index (χ3n) is 4.31. The topological polar surface area (TPSA) is 228 Å². The van der Waals surface area contributed by atoms with Crippen LogP contribution in [0, 0.1) is 0 Å². The van der Waals surface area contributed by atoms with Crippen molar-refractivity contribution in [1.29, 1.82) is 0 Å². The second-order valence-electron chi connectivity index (χ2n) is 7.16. The highest BCUT2D eigenvalue weighted by atomic mass is 31.2. The Balaban J connectivity index is 2.43. The van der Waals surface area contributed by atoms with Crippen LogP contribution in [-0.2, 0) is 41.3 Å². The number of phosphoric ester groups is 3. The van der Waals surface area contributed by atoms with Crippen LogP contribution < -0.4 is 0 Å². The van der Waals surface area contributed by atoms with Crippen molar-refractivity contribution in [3.8, 4) is 0 Å². The van der Waals surface area contributed by atoms with E-state index in [0.717, 1.165) is 32.1 Å². The standard InChI is InChI=1S/C15H33O15P3/c1-2-3-4-5-6-7-8-27-33(23,24)28-10-9-25-15-13(16)14(30-32(20,21)22)12(11-26-15)29-31(17,18)19/h12-16H,2-11H2,1H3,(H,23,24)(H2,17,18,19)(H2,20,21,22)/t12-,13-,14+,15+/m1/s1. The van der Waals surface area contributed by atoms with E-state index in [1.807, 2.05) is 0 Å². The van der Waals surface area contributed by atoms with Gasteiger partial charge < -0.3 is 39.0 Å². The molecule has 1 unspecified atom stereocenters. The molecule has 1 rings (SSSR count). The highest BCUT2D eigenvalue weighted by Crippen LogP contribution is 2.45. The van der Waals surface area contributed by atoms with Crippen molar-refractivity contribution >= 4 is 23.5 Å². The third kappa shape index (κ3) is 14.4. The molecule has 1 aliphatic rings. The van der Waals surface area contributed by atoms with Gasteiger partial charge in [-0.2, -0.15) is 0 Å². The Labute approximate surface area is 191 Å². The zero-order chi connectivity index (χ0) is 25.1. The summed E-state index contributed by atoms with van der Waals surface area (Å²) in [5.41, 5.74) is 0. The van der Waals surface area contributed by atoms with Crippen molar-refractivity contribution in [2.75, 3.05) is 26.4 Å². The number of hydrogen-bond acceptors (Lipinski definition) is 10. The van der Waals surface area contributed by atoms with Crippen LogP contribution in [0.5, 0.6) is 0 Å². The fourth-order valence-corrected chi connectivity index (χ4v) is 4.73. The summed E-state index contributed by atoms with van der Waals surface area (Å²) >= 11 is 0. The summed E-state index contributed by atoms with van der Waals surface area (Å²) in [6, 6.07) is 0. The maximum absolute atomic E-state index is 11.8. The molecule has 0 spiro atoms. The second kappa shape index (κ2) is 14.7. The minimum absolute atomic E-state index is 0.0353. The Morgan fingerprint density at radius 3 is 2.00 bits per heavy atom. The summed E-state index contributed by atoms with van der Waals surface area (Å²) in [5.74, 6) is 0. The van der Waals surface area contributed by atoms with Gasteiger partial charge in [-0.1, -0.05) is 39.0 Å². The van der Waals surface area contributed by atoms with E-state index in [1.54, 1.807) is 0 Å². The fourth-order valence-electron chi connectivity index (χ4n) is 2.88. The Morgan fingerprint density at radius 2 is 1.39 bits per heavy atom. The molecule has 1 heterocycles. The molecule has 33 heavy (non-hydrogen) atoms. The largest absolute Gasteiger partial charge is 0.472 e. The Bertz CT molecular complexity index is 694. The van der Waals surface area contributed by atoms with Crippen molar-refractivity contribution in [2.45, 2.75) is 70.1 Å². The molecule has 0 aromatic carbocycles. The zero-order valence-electron chi connectivity index (χ0n) is 18.1. The quantitative estimate of drug-likeness (QED) is 0.111. The molecule has 0 aromatic rings. The molecule has 0 saturated carbocycles. The molecule has 5 atom stereocenters. The van der Waals surface area contributed by atoms with Gasteiger partial charge in [-0.05, 0) is 6.42 Å². The minimum atomic E-state index is -5.19. The predicted molar refractivity (Wildman–Crippen MR) is 111 cm³/mol. The van der Waals surface area contributed by atoms with Crippen LogP contribution >= 0.6 is 23.5 Å². The molecule has 0 amide bonds. The van der Waals surface area contributed by atoms with E-state index >= 15 is 0 Å². The first-order valence-corrected chi connectivity index (χ1v) is 14.8. The van der Waals surface area contributed by atoms with Gasteiger partial charge in [-0.3, -0.25) is 18.1 Å². The molecule has 198 valence electrons.